The van der Waals surface area contributed by atoms with Gasteiger partial charge in [0, 0.05) is 0 Å². The van der Waals surface area contributed by atoms with Crippen LogP contribution in [-0.2, 0) is 0 Å². The number of hydrogen-bond donors (Lipinski definition) is 6. The van der Waals surface area contributed by atoms with Crippen LogP contribution < -0.4 is 0 Å². The maximum Gasteiger partial charge on any atom is 0.111 e. The molecule has 0 amide bonds. The van der Waals surface area contributed by atoms with Crippen molar-refractivity contribution in [3.63, 3.8) is 0 Å². The second-order valence-corrected chi connectivity index (χ2v) is 2.94. The average Bonchev–Trinajstić information content (AvgIpc) is 2.08. The van der Waals surface area contributed by atoms with Crippen molar-refractivity contribution in [2.75, 3.05) is 0 Å². The van der Waals surface area contributed by atoms with Gasteiger partial charge in [-0.15, -0.1) is 0 Å². The molecule has 1 fully saturated rings. The second-order valence-electron chi connectivity index (χ2n) is 2.94. The molecular formula is C6H12O6. The summed E-state index contributed by atoms with van der Waals surface area (Å²) in [6.45, 7) is 0. The van der Waals surface area contributed by atoms with Gasteiger partial charge in [0.2, 0.25) is 0 Å². The third-order valence-electron chi connectivity index (χ3n) is 2.10. The lowest BCUT2D eigenvalue weighted by molar-refractivity contribution is -0.223. The van der Waals surface area contributed by atoms with E-state index >= 15 is 0 Å². The van der Waals surface area contributed by atoms with Gasteiger partial charge < -0.3 is 30.6 Å². The van der Waals surface area contributed by atoms with Crippen molar-refractivity contribution in [1.82, 2.24) is 0 Å². The van der Waals surface area contributed by atoms with Crippen LogP contribution in [0.5, 0.6) is 0 Å². The third-order valence-corrected chi connectivity index (χ3v) is 2.10. The van der Waals surface area contributed by atoms with E-state index in [1.165, 1.54) is 0 Å². The van der Waals surface area contributed by atoms with Crippen LogP contribution >= 0.6 is 0 Å². The minimum atomic E-state index is -1.64. The molecule has 1 aliphatic rings. The van der Waals surface area contributed by atoms with Gasteiger partial charge in [-0.05, 0) is 0 Å². The number of aliphatic hydroxyl groups is 6. The van der Waals surface area contributed by atoms with E-state index in [9.17, 15) is 0 Å². The highest BCUT2D eigenvalue weighted by Crippen LogP contribution is 2.20. The zero-order valence-electron chi connectivity index (χ0n) is 6.15. The topological polar surface area (TPSA) is 121 Å². The Morgan fingerprint density at radius 3 is 0.500 bits per heavy atom. The van der Waals surface area contributed by atoms with Crippen LogP contribution in [0.15, 0.2) is 0 Å². The molecule has 0 bridgehead atoms. The fraction of sp³-hybridized carbons (Fsp3) is 1.00. The molecule has 12 heavy (non-hydrogen) atoms. The lowest BCUT2D eigenvalue weighted by Gasteiger charge is -2.39. The van der Waals surface area contributed by atoms with Gasteiger partial charge in [-0.3, -0.25) is 0 Å². The van der Waals surface area contributed by atoms with Gasteiger partial charge in [0.05, 0.1) is 0 Å². The van der Waals surface area contributed by atoms with Crippen LogP contribution in [0.3, 0.4) is 0 Å². The molecular weight excluding hydrogens is 168 g/mol. The molecule has 0 aromatic heterocycles. The molecule has 1 aliphatic carbocycles. The molecule has 1 rings (SSSR count). The highest BCUT2D eigenvalue weighted by atomic mass is 16.4. The average molecular weight is 180 g/mol. The summed E-state index contributed by atoms with van der Waals surface area (Å²) in [5.74, 6) is 0. The summed E-state index contributed by atoms with van der Waals surface area (Å²) in [6.07, 6.45) is -9.84. The lowest BCUT2D eigenvalue weighted by atomic mass is 9.85. The molecule has 6 N–H and O–H groups in total. The van der Waals surface area contributed by atoms with Gasteiger partial charge in [0.15, 0.2) is 0 Å². The maximum absolute atomic E-state index is 8.97. The van der Waals surface area contributed by atoms with E-state index in [0.29, 0.717) is 0 Å². The van der Waals surface area contributed by atoms with Gasteiger partial charge in [-0.25, -0.2) is 0 Å². The first-order valence-corrected chi connectivity index (χ1v) is 3.55. The largest absolute Gasteiger partial charge is 0.387 e. The second kappa shape index (κ2) is 3.25. The van der Waals surface area contributed by atoms with E-state index in [1.54, 1.807) is 0 Å². The molecule has 0 radical (unpaired) electrons. The monoisotopic (exact) mass is 180 g/mol. The predicted octanol–water partition coefficient (Wildman–Crippen LogP) is -3.83. The zero-order valence-corrected chi connectivity index (χ0v) is 6.15. The fourth-order valence-electron chi connectivity index (χ4n) is 1.21. The molecule has 0 aromatic rings. The van der Waals surface area contributed by atoms with E-state index in [4.69, 9.17) is 30.6 Å². The van der Waals surface area contributed by atoms with Crippen molar-refractivity contribution in [3.8, 4) is 0 Å². The summed E-state index contributed by atoms with van der Waals surface area (Å²) in [7, 11) is 0. The standard InChI is InChI=1S/C6H12O6/c7-1-2(8)4(10)6(12)5(11)3(1)9/h1-12H/t1-,2?,3?,4?,5?,6+. The van der Waals surface area contributed by atoms with Crippen molar-refractivity contribution < 1.29 is 30.6 Å². The van der Waals surface area contributed by atoms with E-state index in [2.05, 4.69) is 0 Å². The Labute approximate surface area is 68.3 Å². The van der Waals surface area contributed by atoms with Crippen LogP contribution in [0.1, 0.15) is 0 Å². The van der Waals surface area contributed by atoms with Gasteiger partial charge >= 0.3 is 0 Å². The first-order valence-electron chi connectivity index (χ1n) is 3.55. The summed E-state index contributed by atoms with van der Waals surface area (Å²) in [4.78, 5) is 0. The molecule has 0 spiro atoms. The van der Waals surface area contributed by atoms with Gasteiger partial charge in [-0.2, -0.15) is 0 Å². The van der Waals surface area contributed by atoms with E-state index in [-0.39, 0.29) is 0 Å². The van der Waals surface area contributed by atoms with Crippen LogP contribution in [0.2, 0.25) is 0 Å². The Kier molecular flexibility index (Phi) is 2.67. The Morgan fingerprint density at radius 1 is 0.333 bits per heavy atom. The van der Waals surface area contributed by atoms with Gasteiger partial charge in [0.25, 0.3) is 0 Å². The van der Waals surface area contributed by atoms with Crippen molar-refractivity contribution in [2.45, 2.75) is 36.6 Å². The van der Waals surface area contributed by atoms with Crippen LogP contribution in [0.25, 0.3) is 0 Å². The number of aliphatic hydroxyl groups excluding tert-OH is 6. The van der Waals surface area contributed by atoms with Crippen molar-refractivity contribution in [2.24, 2.45) is 0 Å². The minimum Gasteiger partial charge on any atom is -0.387 e. The van der Waals surface area contributed by atoms with Crippen LogP contribution in [0.4, 0.5) is 0 Å². The van der Waals surface area contributed by atoms with E-state index < -0.39 is 36.6 Å². The molecule has 6 heteroatoms. The highest BCUT2D eigenvalue weighted by molar-refractivity contribution is 4.98. The Morgan fingerprint density at radius 2 is 0.417 bits per heavy atom. The van der Waals surface area contributed by atoms with Crippen molar-refractivity contribution in [1.29, 1.82) is 0 Å². The quantitative estimate of drug-likeness (QED) is 0.227. The fourth-order valence-corrected chi connectivity index (χ4v) is 1.21. The Bertz CT molecular complexity index is 104. The molecule has 0 saturated heterocycles. The molecule has 0 atom stereocenters. The number of rotatable bonds is 0. The van der Waals surface area contributed by atoms with Gasteiger partial charge in [0.1, 0.15) is 36.6 Å². The van der Waals surface area contributed by atoms with Gasteiger partial charge in [-0.1, -0.05) is 0 Å². The molecule has 0 heterocycles. The maximum atomic E-state index is 8.97. The highest BCUT2D eigenvalue weighted by Gasteiger charge is 2.47. The molecule has 0 aliphatic heterocycles. The molecule has 1 saturated carbocycles. The van der Waals surface area contributed by atoms with Crippen molar-refractivity contribution in [3.05, 3.63) is 0 Å². The van der Waals surface area contributed by atoms with E-state index in [0.717, 1.165) is 0 Å². The first kappa shape index (κ1) is 9.85. The summed E-state index contributed by atoms with van der Waals surface area (Å²) in [5.41, 5.74) is 0. The van der Waals surface area contributed by atoms with E-state index in [1.807, 2.05) is 0 Å². The SMILES string of the molecule is OC1C(O)[C@H](O)C(O)C(O)[C@@H]1O. The normalized spacial score (nSPS) is 55.5. The smallest absolute Gasteiger partial charge is 0.111 e. The Hall–Kier alpha value is -0.240. The Balaban J connectivity index is 2.76. The van der Waals surface area contributed by atoms with Crippen LogP contribution in [-0.4, -0.2) is 67.3 Å². The molecule has 72 valence electrons. The summed E-state index contributed by atoms with van der Waals surface area (Å²) in [6, 6.07) is 0. The lowest BCUT2D eigenvalue weighted by Crippen LogP contribution is -2.63. The minimum absolute atomic E-state index is 1.64. The molecule has 6 nitrogen and oxygen atoms in total. The van der Waals surface area contributed by atoms with Crippen LogP contribution in [0, 0.1) is 0 Å². The predicted molar refractivity (Wildman–Crippen MR) is 36.0 cm³/mol. The first-order chi connectivity index (χ1) is 5.46. The molecule has 0 unspecified atom stereocenters. The van der Waals surface area contributed by atoms with Crippen molar-refractivity contribution >= 4 is 0 Å². The number of hydrogen-bond acceptors (Lipinski definition) is 6. The zero-order chi connectivity index (χ0) is 9.46. The summed E-state index contributed by atoms with van der Waals surface area (Å²) in [5, 5.41) is 53.8. The third kappa shape index (κ3) is 1.33. The molecule has 0 aromatic carbocycles. The summed E-state index contributed by atoms with van der Waals surface area (Å²) >= 11 is 0. The summed E-state index contributed by atoms with van der Waals surface area (Å²) < 4.78 is 0.